The summed E-state index contributed by atoms with van der Waals surface area (Å²) < 4.78 is 0. The number of thioether (sulfide) groups is 1. The van der Waals surface area contributed by atoms with Crippen molar-refractivity contribution < 1.29 is 4.79 Å². The summed E-state index contributed by atoms with van der Waals surface area (Å²) >= 11 is 1.63. The van der Waals surface area contributed by atoms with Gasteiger partial charge in [-0.15, -0.1) is 11.8 Å². The fourth-order valence-corrected chi connectivity index (χ4v) is 3.35. The highest BCUT2D eigenvalue weighted by atomic mass is 32.2. The van der Waals surface area contributed by atoms with Gasteiger partial charge in [0.25, 0.3) is 0 Å². The second kappa shape index (κ2) is 6.35. The van der Waals surface area contributed by atoms with Crippen molar-refractivity contribution in [1.29, 1.82) is 0 Å². The second-order valence-electron chi connectivity index (χ2n) is 5.46. The fourth-order valence-electron chi connectivity index (χ4n) is 2.22. The molecule has 3 rings (SSSR count). The number of hydrogen-bond acceptors (Lipinski definition) is 2. The van der Waals surface area contributed by atoms with E-state index in [0.717, 1.165) is 23.3 Å². The number of rotatable bonds is 5. The summed E-state index contributed by atoms with van der Waals surface area (Å²) in [6.07, 6.45) is 2.23. The van der Waals surface area contributed by atoms with Gasteiger partial charge in [-0.05, 0) is 37.0 Å². The van der Waals surface area contributed by atoms with Gasteiger partial charge in [0.1, 0.15) is 5.25 Å². The zero-order chi connectivity index (χ0) is 14.7. The Morgan fingerprint density at radius 3 is 2.43 bits per heavy atom. The molecule has 1 aliphatic carbocycles. The van der Waals surface area contributed by atoms with Crippen LogP contribution in [0.25, 0.3) is 0 Å². The maximum Gasteiger partial charge on any atom is 0.238 e. The molecule has 0 heterocycles. The van der Waals surface area contributed by atoms with Crippen molar-refractivity contribution in [2.45, 2.75) is 36.0 Å². The van der Waals surface area contributed by atoms with Crippen LogP contribution < -0.4 is 5.32 Å². The molecule has 0 saturated heterocycles. The first-order valence-corrected chi connectivity index (χ1v) is 8.19. The lowest BCUT2D eigenvalue weighted by Crippen LogP contribution is -2.29. The maximum absolute atomic E-state index is 12.6. The van der Waals surface area contributed by atoms with E-state index in [1.165, 1.54) is 5.56 Å². The maximum atomic E-state index is 12.6. The van der Waals surface area contributed by atoms with E-state index in [1.807, 2.05) is 42.5 Å². The van der Waals surface area contributed by atoms with Crippen LogP contribution in [-0.4, -0.2) is 11.9 Å². The summed E-state index contributed by atoms with van der Waals surface area (Å²) in [4.78, 5) is 13.7. The SMILES string of the molecule is Cc1ccccc1SC(C(=O)NC1CC1)c1ccccc1. The standard InChI is InChI=1S/C18H19NOS/c1-13-7-5-6-10-16(13)21-17(14-8-3-2-4-9-14)18(20)19-15-11-12-15/h2-10,15,17H,11-12H2,1H3,(H,19,20). The summed E-state index contributed by atoms with van der Waals surface area (Å²) in [6, 6.07) is 18.6. The van der Waals surface area contributed by atoms with Gasteiger partial charge in [0, 0.05) is 10.9 Å². The van der Waals surface area contributed by atoms with Crippen LogP contribution in [-0.2, 0) is 4.79 Å². The predicted molar refractivity (Wildman–Crippen MR) is 87.4 cm³/mol. The molecule has 21 heavy (non-hydrogen) atoms. The molecule has 1 amide bonds. The van der Waals surface area contributed by atoms with E-state index in [0.29, 0.717) is 6.04 Å². The number of carbonyl (C=O) groups excluding carboxylic acids is 1. The highest BCUT2D eigenvalue weighted by Crippen LogP contribution is 2.37. The van der Waals surface area contributed by atoms with E-state index in [-0.39, 0.29) is 11.2 Å². The molecule has 2 nitrogen and oxygen atoms in total. The first-order chi connectivity index (χ1) is 10.2. The summed E-state index contributed by atoms with van der Waals surface area (Å²) in [5, 5.41) is 2.95. The Bertz CT molecular complexity index is 622. The second-order valence-corrected chi connectivity index (χ2v) is 6.60. The van der Waals surface area contributed by atoms with Gasteiger partial charge in [-0.3, -0.25) is 4.79 Å². The largest absolute Gasteiger partial charge is 0.352 e. The van der Waals surface area contributed by atoms with Crippen LogP contribution in [0.4, 0.5) is 0 Å². The van der Waals surface area contributed by atoms with E-state index in [4.69, 9.17) is 0 Å². The lowest BCUT2D eigenvalue weighted by atomic mass is 10.1. The Hall–Kier alpha value is -1.74. The first-order valence-electron chi connectivity index (χ1n) is 7.31. The molecule has 1 unspecified atom stereocenters. The molecule has 1 N–H and O–H groups in total. The summed E-state index contributed by atoms with van der Waals surface area (Å²) in [5.74, 6) is 0.122. The lowest BCUT2D eigenvalue weighted by Gasteiger charge is -2.18. The number of aryl methyl sites for hydroxylation is 1. The van der Waals surface area contributed by atoms with Crippen molar-refractivity contribution in [2.24, 2.45) is 0 Å². The number of amides is 1. The Morgan fingerprint density at radius 2 is 1.76 bits per heavy atom. The van der Waals surface area contributed by atoms with Gasteiger partial charge in [-0.2, -0.15) is 0 Å². The summed E-state index contributed by atoms with van der Waals surface area (Å²) in [6.45, 7) is 2.09. The van der Waals surface area contributed by atoms with Crippen molar-refractivity contribution in [3.05, 3.63) is 65.7 Å². The first kappa shape index (κ1) is 14.2. The van der Waals surface area contributed by atoms with Crippen LogP contribution in [0, 0.1) is 6.92 Å². The van der Waals surface area contributed by atoms with Gasteiger partial charge in [0.15, 0.2) is 0 Å². The molecule has 3 heteroatoms. The van der Waals surface area contributed by atoms with Gasteiger partial charge in [-0.25, -0.2) is 0 Å². The number of benzene rings is 2. The monoisotopic (exact) mass is 297 g/mol. The van der Waals surface area contributed by atoms with Crippen molar-refractivity contribution in [2.75, 3.05) is 0 Å². The van der Waals surface area contributed by atoms with E-state index < -0.39 is 0 Å². The van der Waals surface area contributed by atoms with Crippen LogP contribution in [0.2, 0.25) is 0 Å². The topological polar surface area (TPSA) is 29.1 Å². The molecular weight excluding hydrogens is 278 g/mol. The summed E-state index contributed by atoms with van der Waals surface area (Å²) in [7, 11) is 0. The number of carbonyl (C=O) groups is 1. The van der Waals surface area contributed by atoms with Gasteiger partial charge >= 0.3 is 0 Å². The van der Waals surface area contributed by atoms with Crippen LogP contribution in [0.5, 0.6) is 0 Å². The average Bonchev–Trinajstić information content (AvgIpc) is 3.31. The predicted octanol–water partition coefficient (Wildman–Crippen LogP) is 4.11. The van der Waals surface area contributed by atoms with Crippen molar-refractivity contribution in [3.8, 4) is 0 Å². The van der Waals surface area contributed by atoms with E-state index in [1.54, 1.807) is 11.8 Å². The van der Waals surface area contributed by atoms with Crippen LogP contribution in [0.15, 0.2) is 59.5 Å². The molecule has 1 aliphatic rings. The Morgan fingerprint density at radius 1 is 1.10 bits per heavy atom. The minimum absolute atomic E-state index is 0.122. The van der Waals surface area contributed by atoms with E-state index >= 15 is 0 Å². The zero-order valence-corrected chi connectivity index (χ0v) is 12.9. The quantitative estimate of drug-likeness (QED) is 0.842. The van der Waals surface area contributed by atoms with Gasteiger partial charge in [0.2, 0.25) is 5.91 Å². The minimum Gasteiger partial charge on any atom is -0.352 e. The van der Waals surface area contributed by atoms with Gasteiger partial charge < -0.3 is 5.32 Å². The third-order valence-corrected chi connectivity index (χ3v) is 5.04. The zero-order valence-electron chi connectivity index (χ0n) is 12.1. The molecule has 0 aromatic heterocycles. The molecular formula is C18H19NOS. The third-order valence-electron chi connectivity index (χ3n) is 3.60. The highest BCUT2D eigenvalue weighted by molar-refractivity contribution is 8.00. The minimum atomic E-state index is -0.187. The lowest BCUT2D eigenvalue weighted by molar-refractivity contribution is -0.120. The number of nitrogens with one attached hydrogen (secondary N) is 1. The molecule has 0 bridgehead atoms. The molecule has 0 radical (unpaired) electrons. The van der Waals surface area contributed by atoms with Crippen LogP contribution >= 0.6 is 11.8 Å². The molecule has 0 spiro atoms. The summed E-state index contributed by atoms with van der Waals surface area (Å²) in [5.41, 5.74) is 2.27. The third kappa shape index (κ3) is 3.67. The van der Waals surface area contributed by atoms with Crippen molar-refractivity contribution in [1.82, 2.24) is 5.32 Å². The van der Waals surface area contributed by atoms with Gasteiger partial charge in [-0.1, -0.05) is 48.5 Å². The molecule has 1 atom stereocenters. The molecule has 2 aromatic rings. The van der Waals surface area contributed by atoms with E-state index in [9.17, 15) is 4.79 Å². The van der Waals surface area contributed by atoms with E-state index in [2.05, 4.69) is 24.4 Å². The molecule has 1 fully saturated rings. The molecule has 2 aromatic carbocycles. The van der Waals surface area contributed by atoms with Crippen molar-refractivity contribution in [3.63, 3.8) is 0 Å². The van der Waals surface area contributed by atoms with Crippen LogP contribution in [0.1, 0.15) is 29.2 Å². The fraction of sp³-hybridized carbons (Fsp3) is 0.278. The average molecular weight is 297 g/mol. The van der Waals surface area contributed by atoms with Crippen molar-refractivity contribution >= 4 is 17.7 Å². The normalized spacial score (nSPS) is 15.5. The molecule has 108 valence electrons. The number of hydrogen-bond donors (Lipinski definition) is 1. The Kier molecular flexibility index (Phi) is 4.30. The molecule has 1 saturated carbocycles. The van der Waals surface area contributed by atoms with Gasteiger partial charge in [0.05, 0.1) is 0 Å². The molecule has 0 aliphatic heterocycles. The Balaban J connectivity index is 1.85. The highest BCUT2D eigenvalue weighted by Gasteiger charge is 2.29. The smallest absolute Gasteiger partial charge is 0.238 e. The van der Waals surface area contributed by atoms with Crippen LogP contribution in [0.3, 0.4) is 0 Å². The Labute approximate surface area is 130 Å².